The Morgan fingerprint density at radius 1 is 0.442 bits per heavy atom. The van der Waals surface area contributed by atoms with E-state index in [1.54, 1.807) is 18.2 Å². The Morgan fingerprint density at radius 3 is 0.808 bits per heavy atom. The molecule has 4 aromatic rings. The van der Waals surface area contributed by atoms with Gasteiger partial charge in [0, 0.05) is 32.1 Å². The molecule has 1 aliphatic heterocycles. The number of nitrogens with zero attached hydrogens (tertiary/aromatic N) is 5. The Hall–Kier alpha value is -4.11. The van der Waals surface area contributed by atoms with Gasteiger partial charge in [-0.25, -0.2) is 0 Å². The largest absolute Gasteiger partial charge is 2.00 e. The van der Waals surface area contributed by atoms with Gasteiger partial charge in [0.05, 0.1) is 44.7 Å². The van der Waals surface area contributed by atoms with Gasteiger partial charge in [-0.2, -0.15) is 15.8 Å². The standard InChI is InChI=1S/C28H28N2P2.3C2H3N.2BF4.Co/c1-5-13-25(14-6-1)29-21-31(27-17-9-3-10-18-27)23-30(26-15-7-2-8-16-26)24-32(22-29)28-19-11-4-12-20-28;3*1-2-3;2*2-1(3,4)5;/h1-20H,21-24H2;3*1H3;;;/q;;;;2*-1;+2/p+2. The van der Waals surface area contributed by atoms with Crippen LogP contribution in [0.4, 0.5) is 45.9 Å². The van der Waals surface area contributed by atoms with Crippen molar-refractivity contribution in [3.63, 3.8) is 0 Å². The number of para-hydroxylation sites is 2. The Kier molecular flexibility index (Phi) is 27.4. The van der Waals surface area contributed by atoms with E-state index in [-0.39, 0.29) is 16.8 Å². The van der Waals surface area contributed by atoms with E-state index in [1.807, 2.05) is 0 Å². The van der Waals surface area contributed by atoms with E-state index >= 15 is 0 Å². The minimum absolute atomic E-state index is 0. The number of halogens is 8. The molecule has 5 rings (SSSR count). The molecule has 1 heterocycles. The van der Waals surface area contributed by atoms with Gasteiger partial charge >= 0.3 is 31.3 Å². The molecule has 1 aliphatic rings. The van der Waals surface area contributed by atoms with Crippen LogP contribution in [-0.2, 0) is 16.8 Å². The summed E-state index contributed by atoms with van der Waals surface area (Å²) in [5, 5.41) is 25.0. The van der Waals surface area contributed by atoms with E-state index in [9.17, 15) is 34.5 Å². The first-order chi connectivity index (χ1) is 24.1. The summed E-state index contributed by atoms with van der Waals surface area (Å²) in [7, 11) is -13.6. The summed E-state index contributed by atoms with van der Waals surface area (Å²) in [6.07, 6.45) is 4.51. The molecule has 0 N–H and O–H groups in total. The summed E-state index contributed by atoms with van der Waals surface area (Å²) < 4.78 is 78.0. The zero-order valence-electron chi connectivity index (χ0n) is 28.6. The van der Waals surface area contributed by atoms with Crippen molar-refractivity contribution < 1.29 is 51.3 Å². The Bertz CT molecular complexity index is 1350. The minimum atomic E-state index is -6.00. The van der Waals surface area contributed by atoms with Crippen molar-refractivity contribution in [2.75, 3.05) is 34.9 Å². The van der Waals surface area contributed by atoms with Crippen LogP contribution in [-0.4, -0.2) is 39.7 Å². The molecule has 5 nitrogen and oxygen atoms in total. The van der Waals surface area contributed by atoms with E-state index in [1.165, 1.54) is 42.8 Å². The zero-order valence-corrected chi connectivity index (χ0v) is 31.7. The van der Waals surface area contributed by atoms with E-state index in [0.717, 1.165) is 25.1 Å². The van der Waals surface area contributed by atoms with Crippen LogP contribution < -0.4 is 20.4 Å². The molecule has 1 fully saturated rings. The maximum atomic E-state index is 9.75. The zero-order chi connectivity index (χ0) is 38.7. The Labute approximate surface area is 313 Å². The quantitative estimate of drug-likeness (QED) is 0.117. The van der Waals surface area contributed by atoms with Crippen LogP contribution in [0.1, 0.15) is 20.8 Å². The van der Waals surface area contributed by atoms with Crippen molar-refractivity contribution in [1.82, 2.24) is 0 Å². The third-order valence-corrected chi connectivity index (χ3v) is 11.5. The fourth-order valence-electron chi connectivity index (χ4n) is 4.49. The van der Waals surface area contributed by atoms with Gasteiger partial charge in [0.2, 0.25) is 0 Å². The van der Waals surface area contributed by atoms with Crippen LogP contribution in [0.5, 0.6) is 0 Å². The molecule has 0 unspecified atom stereocenters. The first-order valence-corrected chi connectivity index (χ1v) is 19.0. The molecule has 1 saturated heterocycles. The third kappa shape index (κ3) is 25.8. The van der Waals surface area contributed by atoms with Crippen LogP contribution in [0.3, 0.4) is 0 Å². The molecule has 0 spiro atoms. The van der Waals surface area contributed by atoms with Gasteiger partial charge in [-0.05, 0) is 48.5 Å². The van der Waals surface area contributed by atoms with E-state index < -0.39 is 30.4 Å². The Morgan fingerprint density at radius 2 is 0.615 bits per heavy atom. The summed E-state index contributed by atoms with van der Waals surface area (Å²) in [5.74, 6) is 0. The first kappa shape index (κ1) is 50.0. The topological polar surface area (TPSA) is 77.8 Å². The number of anilines is 2. The summed E-state index contributed by atoms with van der Waals surface area (Å²) in [6, 6.07) is 49.7. The predicted octanol–water partition coefficient (Wildman–Crippen LogP) is 10.1. The van der Waals surface area contributed by atoms with Crippen molar-refractivity contribution in [3.05, 3.63) is 121 Å². The smallest absolute Gasteiger partial charge is 0.418 e. The van der Waals surface area contributed by atoms with Gasteiger partial charge < -0.3 is 44.3 Å². The normalized spacial score (nSPS) is 14.6. The summed E-state index contributed by atoms with van der Waals surface area (Å²) >= 11 is 0. The monoisotopic (exact) mass is 812 g/mol. The molecular formula is C34H39B2CoF8N5P2+2. The molecule has 1 radical (unpaired) electrons. The molecule has 0 saturated carbocycles. The van der Waals surface area contributed by atoms with Crippen LogP contribution in [0.2, 0.25) is 0 Å². The molecule has 18 heteroatoms. The van der Waals surface area contributed by atoms with Crippen LogP contribution in [0.25, 0.3) is 0 Å². The second kappa shape index (κ2) is 28.5. The van der Waals surface area contributed by atoms with Gasteiger partial charge in [0.1, 0.15) is 25.1 Å². The van der Waals surface area contributed by atoms with Crippen LogP contribution in [0, 0.1) is 34.0 Å². The molecule has 0 aliphatic carbocycles. The van der Waals surface area contributed by atoms with Crippen LogP contribution >= 0.6 is 15.8 Å². The fraction of sp³-hybridized carbons (Fsp3) is 0.206. The van der Waals surface area contributed by atoms with Crippen molar-refractivity contribution in [2.24, 2.45) is 0 Å². The molecule has 52 heavy (non-hydrogen) atoms. The number of rotatable bonds is 4. The molecule has 4 aromatic carbocycles. The van der Waals surface area contributed by atoms with Crippen LogP contribution in [0.15, 0.2) is 121 Å². The van der Waals surface area contributed by atoms with E-state index in [4.69, 9.17) is 15.8 Å². The van der Waals surface area contributed by atoms with Gasteiger partial charge in [-0.3, -0.25) is 0 Å². The first-order valence-electron chi connectivity index (χ1n) is 15.2. The fourth-order valence-corrected chi connectivity index (χ4v) is 10.2. The molecule has 0 amide bonds. The van der Waals surface area contributed by atoms with Gasteiger partial charge in [0.25, 0.3) is 0 Å². The van der Waals surface area contributed by atoms with Gasteiger partial charge in [-0.1, -0.05) is 72.8 Å². The van der Waals surface area contributed by atoms with Crippen molar-refractivity contribution >= 4 is 52.3 Å². The van der Waals surface area contributed by atoms with Gasteiger partial charge in [0.15, 0.2) is 0 Å². The summed E-state index contributed by atoms with van der Waals surface area (Å²) in [4.78, 5) is 5.37. The molecule has 0 aromatic heterocycles. The number of hydrogen-bond donors (Lipinski definition) is 0. The number of nitriles is 3. The summed E-state index contributed by atoms with van der Waals surface area (Å²) in [5.41, 5.74) is 2.72. The van der Waals surface area contributed by atoms with E-state index in [0.29, 0.717) is 0 Å². The third-order valence-electron chi connectivity index (χ3n) is 6.13. The second-order valence-electron chi connectivity index (χ2n) is 9.98. The van der Waals surface area contributed by atoms with Crippen molar-refractivity contribution in [2.45, 2.75) is 20.8 Å². The SMILES string of the molecule is CC#N.CC#N.CC#N.F[B-](F)(F)F.F[B-](F)(F)F.[Co+2].c1ccc(N2C[PH+](c3ccccc3)CN(c3ccccc3)C[PH+](c3ccccc3)C2)cc1. The van der Waals surface area contributed by atoms with Gasteiger partial charge in [-0.15, -0.1) is 0 Å². The maximum Gasteiger partial charge on any atom is 2.00 e. The molecule has 0 bridgehead atoms. The predicted molar refractivity (Wildman–Crippen MR) is 200 cm³/mol. The molecule has 279 valence electrons. The van der Waals surface area contributed by atoms with Crippen molar-refractivity contribution in [1.29, 1.82) is 15.8 Å². The second-order valence-corrected chi connectivity index (χ2v) is 14.8. The average molecular weight is 812 g/mol. The average Bonchev–Trinajstić information content (AvgIpc) is 3.06. The van der Waals surface area contributed by atoms with Crippen molar-refractivity contribution in [3.8, 4) is 18.2 Å². The molecular weight excluding hydrogens is 773 g/mol. The number of hydrogen-bond acceptors (Lipinski definition) is 5. The maximum absolute atomic E-state index is 9.75. The molecule has 0 atom stereocenters. The summed E-state index contributed by atoms with van der Waals surface area (Å²) in [6.45, 7) is 4.29. The number of benzene rings is 4. The van der Waals surface area contributed by atoms with E-state index in [2.05, 4.69) is 131 Å². The Balaban J connectivity index is 0. The minimum Gasteiger partial charge on any atom is -0.418 e.